The summed E-state index contributed by atoms with van der Waals surface area (Å²) in [6, 6.07) is 36.8. The van der Waals surface area contributed by atoms with Crippen molar-refractivity contribution in [3.63, 3.8) is 0 Å². The minimum absolute atomic E-state index is 0. The van der Waals surface area contributed by atoms with Crippen LogP contribution < -0.4 is 5.19 Å². The van der Waals surface area contributed by atoms with Crippen molar-refractivity contribution in [1.82, 2.24) is 0 Å². The summed E-state index contributed by atoms with van der Waals surface area (Å²) >= 11 is 0. The molecule has 0 fully saturated rings. The zero-order valence-corrected chi connectivity index (χ0v) is 32.0. The maximum Gasteiger partial charge on any atom is 4.00 e. The second kappa shape index (κ2) is 15.5. The van der Waals surface area contributed by atoms with Gasteiger partial charge in [0.2, 0.25) is 0 Å². The van der Waals surface area contributed by atoms with Gasteiger partial charge in [-0.2, -0.15) is 12.5 Å². The Morgan fingerprint density at radius 2 is 1.34 bits per heavy atom. The largest absolute Gasteiger partial charge is 4.00 e. The van der Waals surface area contributed by atoms with Crippen LogP contribution in [0.25, 0.3) is 39.1 Å². The van der Waals surface area contributed by atoms with Crippen LogP contribution in [0.1, 0.15) is 87.0 Å². The van der Waals surface area contributed by atoms with Crippen LogP contribution in [-0.2, 0) is 25.8 Å². The average Bonchev–Trinajstić information content (AvgIpc) is 3.56. The fraction of sp³-hybridized carbons (Fsp3) is 0.238. The molecule has 2 radical (unpaired) electrons. The van der Waals surface area contributed by atoms with Gasteiger partial charge in [0.25, 0.3) is 0 Å². The molecule has 222 valence electrons. The molecule has 44 heavy (non-hydrogen) atoms. The van der Waals surface area contributed by atoms with Gasteiger partial charge in [0.1, 0.15) is 0 Å². The predicted octanol–water partition coefficient (Wildman–Crippen LogP) is 11.5. The van der Waals surface area contributed by atoms with Gasteiger partial charge in [0, 0.05) is 5.92 Å². The molecular weight excluding hydrogens is 711 g/mol. The number of rotatable bonds is 9. The molecule has 0 nitrogen and oxygen atoms in total. The normalized spacial score (nSPS) is 13.7. The van der Waals surface area contributed by atoms with Crippen LogP contribution >= 0.6 is 0 Å². The molecule has 0 heterocycles. The van der Waals surface area contributed by atoms with Gasteiger partial charge >= 0.3 is 25.8 Å². The van der Waals surface area contributed by atoms with Gasteiger partial charge in [-0.1, -0.05) is 124 Å². The number of fused-ring (bicyclic) bond motifs is 2. The molecule has 1 unspecified atom stereocenters. The van der Waals surface area contributed by atoms with Gasteiger partial charge < -0.3 is 21.8 Å². The van der Waals surface area contributed by atoms with E-state index in [-0.39, 0.29) is 40.7 Å². The molecule has 0 spiro atoms. The first-order chi connectivity index (χ1) is 19.9. The van der Waals surface area contributed by atoms with Crippen LogP contribution in [0.15, 0.2) is 102 Å². The Bertz CT molecular complexity index is 1720. The van der Waals surface area contributed by atoms with Crippen LogP contribution in [0.2, 0.25) is 0 Å². The summed E-state index contributed by atoms with van der Waals surface area (Å²) in [5, 5.41) is 5.72. The quantitative estimate of drug-likeness (QED) is 0.104. The number of allylic oxidation sites excluding steroid dienone is 1. The van der Waals surface area contributed by atoms with Crippen LogP contribution in [0.4, 0.5) is 0 Å². The first-order valence-corrected chi connectivity index (χ1v) is 16.2. The Kier molecular flexibility index (Phi) is 12.6. The van der Waals surface area contributed by atoms with Crippen LogP contribution in [0, 0.1) is 21.8 Å². The van der Waals surface area contributed by atoms with Gasteiger partial charge in [-0.05, 0) is 57.2 Å². The summed E-state index contributed by atoms with van der Waals surface area (Å²) in [7, 11) is 0.665. The number of hydrogen-bond acceptors (Lipinski definition) is 0. The third kappa shape index (κ3) is 7.24. The topological polar surface area (TPSA) is 0 Å². The predicted molar refractivity (Wildman–Crippen MR) is 193 cm³/mol. The second-order valence-corrected chi connectivity index (χ2v) is 13.6. The summed E-state index contributed by atoms with van der Waals surface area (Å²) in [5.74, 6) is 1.52. The molecule has 0 bridgehead atoms. The van der Waals surface area contributed by atoms with Gasteiger partial charge in [-0.15, -0.1) is 34.2 Å². The summed E-state index contributed by atoms with van der Waals surface area (Å²) in [6.45, 7) is 13.3. The standard InChI is InChI=1S/C40H40Si.2CH3.Hf/c1-6-7-17-37-36-20-11-19-35(31-15-9-13-29(22-31)27(4)5)39(36)25-40(37)41-33-23-32-16-10-18-34(38(32)24-33)30-14-8-12-28(21-30)26(2)3;;;/h8-16,18-27,37H,1,6-7,17H2,2-5H3;2*1H3;/q-2;2*-1;+4. The number of hydrogen-bond donors (Lipinski definition) is 0. The van der Waals surface area contributed by atoms with Crippen LogP contribution in [-0.4, -0.2) is 9.52 Å². The smallest absolute Gasteiger partial charge is 0.358 e. The molecule has 6 rings (SSSR count). The minimum Gasteiger partial charge on any atom is -0.358 e. The Morgan fingerprint density at radius 3 is 1.98 bits per heavy atom. The Balaban J connectivity index is 0.00000176. The maximum absolute atomic E-state index is 4.17. The summed E-state index contributed by atoms with van der Waals surface area (Å²) in [6.07, 6.45) is 5.83. The molecular formula is C42H46HfSi. The zero-order chi connectivity index (χ0) is 28.5. The Labute approximate surface area is 289 Å². The monoisotopic (exact) mass is 758 g/mol. The van der Waals surface area contributed by atoms with Crippen molar-refractivity contribution >= 4 is 31.6 Å². The molecule has 5 aromatic carbocycles. The van der Waals surface area contributed by atoms with Crippen molar-refractivity contribution in [2.75, 3.05) is 0 Å². The van der Waals surface area contributed by atoms with Crippen molar-refractivity contribution in [2.24, 2.45) is 0 Å². The van der Waals surface area contributed by atoms with Crippen LogP contribution in [0.3, 0.4) is 0 Å². The van der Waals surface area contributed by atoms with Crippen LogP contribution in [0.5, 0.6) is 0 Å². The summed E-state index contributed by atoms with van der Waals surface area (Å²) < 4.78 is 0. The fourth-order valence-corrected chi connectivity index (χ4v) is 7.83. The average molecular weight is 757 g/mol. The number of unbranched alkanes of at least 4 members (excludes halogenated alkanes) is 1. The Hall–Kier alpha value is -2.68. The van der Waals surface area contributed by atoms with Crippen molar-refractivity contribution in [3.05, 3.63) is 146 Å². The van der Waals surface area contributed by atoms with E-state index in [0.717, 1.165) is 19.3 Å². The van der Waals surface area contributed by atoms with E-state index in [9.17, 15) is 0 Å². The molecule has 0 aromatic heterocycles. The van der Waals surface area contributed by atoms with E-state index < -0.39 is 0 Å². The maximum atomic E-state index is 4.17. The van der Waals surface area contributed by atoms with E-state index in [4.69, 9.17) is 0 Å². The van der Waals surface area contributed by atoms with E-state index in [0.29, 0.717) is 27.3 Å². The molecule has 1 aliphatic rings. The van der Waals surface area contributed by atoms with Crippen molar-refractivity contribution in [2.45, 2.75) is 64.7 Å². The molecule has 0 amide bonds. The summed E-state index contributed by atoms with van der Waals surface area (Å²) in [5.41, 5.74) is 11.1. The van der Waals surface area contributed by atoms with Gasteiger partial charge in [0.05, 0.1) is 9.52 Å². The minimum atomic E-state index is 0. The van der Waals surface area contributed by atoms with E-state index in [2.05, 4.69) is 138 Å². The second-order valence-electron chi connectivity index (χ2n) is 12.2. The van der Waals surface area contributed by atoms with Crippen molar-refractivity contribution in [3.8, 4) is 22.3 Å². The summed E-state index contributed by atoms with van der Waals surface area (Å²) in [4.78, 5) is 0. The molecule has 0 saturated carbocycles. The van der Waals surface area contributed by atoms with Gasteiger partial charge in [-0.25, -0.2) is 0 Å². The molecule has 0 aliphatic heterocycles. The van der Waals surface area contributed by atoms with Gasteiger partial charge in [0.15, 0.2) is 0 Å². The fourth-order valence-electron chi connectivity index (χ4n) is 6.36. The van der Waals surface area contributed by atoms with E-state index in [1.807, 2.05) is 0 Å². The van der Waals surface area contributed by atoms with E-state index >= 15 is 0 Å². The SMILES string of the molecule is [CH2-]CCCC1C([Si]c2cc3c(-c4cccc(C(C)C)c4)cccc3[cH-]2)=Cc2c(-c3cccc(C(C)C)c3)cccc21.[CH3-].[CH3-].[Hf+4]. The number of benzene rings is 4. The van der Waals surface area contributed by atoms with Crippen molar-refractivity contribution in [1.29, 1.82) is 0 Å². The molecule has 1 aliphatic carbocycles. The van der Waals surface area contributed by atoms with Gasteiger partial charge in [-0.3, -0.25) is 0 Å². The first-order valence-electron chi connectivity index (χ1n) is 15.2. The molecule has 2 heteroatoms. The zero-order valence-electron chi connectivity index (χ0n) is 27.4. The molecule has 0 saturated heterocycles. The van der Waals surface area contributed by atoms with Crippen molar-refractivity contribution < 1.29 is 25.8 Å². The van der Waals surface area contributed by atoms with E-state index in [1.165, 1.54) is 60.5 Å². The third-order valence-electron chi connectivity index (χ3n) is 8.70. The van der Waals surface area contributed by atoms with E-state index in [1.54, 1.807) is 5.20 Å². The molecule has 0 N–H and O–H groups in total. The molecule has 1 atom stereocenters. The third-order valence-corrected chi connectivity index (χ3v) is 10.1. The molecule has 5 aromatic rings. The first kappa shape index (κ1) is 35.8. The Morgan fingerprint density at radius 1 is 0.750 bits per heavy atom.